The number of fused-ring (bicyclic) bond motifs is 1. The van der Waals surface area contributed by atoms with E-state index in [1.165, 1.54) is 18.4 Å². The van der Waals surface area contributed by atoms with E-state index in [2.05, 4.69) is 15.3 Å². The second kappa shape index (κ2) is 7.57. The molecule has 0 spiro atoms. The fourth-order valence-corrected chi connectivity index (χ4v) is 4.78. The topological polar surface area (TPSA) is 107 Å². The van der Waals surface area contributed by atoms with Crippen molar-refractivity contribution in [3.63, 3.8) is 0 Å². The van der Waals surface area contributed by atoms with Gasteiger partial charge in [0.15, 0.2) is 0 Å². The highest BCUT2D eigenvalue weighted by Gasteiger charge is 2.30. The van der Waals surface area contributed by atoms with Crippen molar-refractivity contribution in [3.05, 3.63) is 16.3 Å². The van der Waals surface area contributed by atoms with Gasteiger partial charge in [-0.05, 0) is 32.3 Å². The number of thiophene rings is 1. The average molecular weight is 376 g/mol. The summed E-state index contributed by atoms with van der Waals surface area (Å²) in [5.41, 5.74) is 6.44. The number of nitrogens with one attached hydrogen (secondary N) is 1. The van der Waals surface area contributed by atoms with E-state index in [0.29, 0.717) is 16.5 Å². The largest absolute Gasteiger partial charge is 0.465 e. The molecule has 3 rings (SSSR count). The Hall–Kier alpha value is -2.22. The van der Waals surface area contributed by atoms with Gasteiger partial charge in [0.05, 0.1) is 18.4 Å². The van der Waals surface area contributed by atoms with E-state index in [4.69, 9.17) is 10.5 Å². The van der Waals surface area contributed by atoms with Crippen molar-refractivity contribution in [2.24, 2.45) is 11.7 Å². The van der Waals surface area contributed by atoms with Gasteiger partial charge in [-0.2, -0.15) is 0 Å². The zero-order valence-electron chi connectivity index (χ0n) is 15.3. The highest BCUT2D eigenvalue weighted by molar-refractivity contribution is 7.20. The lowest BCUT2D eigenvalue weighted by Gasteiger charge is -2.24. The van der Waals surface area contributed by atoms with Gasteiger partial charge in [0.25, 0.3) is 0 Å². The molecule has 0 bridgehead atoms. The Morgan fingerprint density at radius 1 is 1.19 bits per heavy atom. The molecule has 1 fully saturated rings. The standard InChI is InChI=1S/C18H24N4O3S/c1-9-13-16(22-12-8-6-4-5-7-11(12)15(19)23)20-10(2)21-17(13)26-14(9)18(24)25-3/h11-12H,4-8H2,1-3H3,(H2,19,23)(H,20,21,22). The monoisotopic (exact) mass is 376 g/mol. The number of carbonyl (C=O) groups is 2. The summed E-state index contributed by atoms with van der Waals surface area (Å²) in [6.07, 6.45) is 4.81. The molecule has 0 saturated heterocycles. The Labute approximate surface area is 156 Å². The molecule has 7 nitrogen and oxygen atoms in total. The van der Waals surface area contributed by atoms with E-state index >= 15 is 0 Å². The van der Waals surface area contributed by atoms with E-state index in [1.807, 2.05) is 13.8 Å². The molecule has 26 heavy (non-hydrogen) atoms. The zero-order valence-corrected chi connectivity index (χ0v) is 16.1. The van der Waals surface area contributed by atoms with Crippen LogP contribution in [0.25, 0.3) is 10.2 Å². The summed E-state index contributed by atoms with van der Waals surface area (Å²) in [6, 6.07) is -0.0617. The third-order valence-corrected chi connectivity index (χ3v) is 6.14. The summed E-state index contributed by atoms with van der Waals surface area (Å²) >= 11 is 1.30. The predicted octanol–water partition coefficient (Wildman–Crippen LogP) is 2.94. The number of amides is 1. The lowest BCUT2D eigenvalue weighted by molar-refractivity contribution is -0.122. The molecular formula is C18H24N4O3S. The molecule has 1 amide bonds. The third kappa shape index (κ3) is 3.51. The van der Waals surface area contributed by atoms with Gasteiger partial charge in [-0.15, -0.1) is 11.3 Å². The van der Waals surface area contributed by atoms with Gasteiger partial charge in [0.2, 0.25) is 5.91 Å². The Balaban J connectivity index is 2.04. The number of methoxy groups -OCH3 is 1. The summed E-state index contributed by atoms with van der Waals surface area (Å²) in [5, 5.41) is 4.26. The van der Waals surface area contributed by atoms with Crippen molar-refractivity contribution in [3.8, 4) is 0 Å². The molecule has 2 aromatic rings. The summed E-state index contributed by atoms with van der Waals surface area (Å²) in [7, 11) is 1.37. The zero-order chi connectivity index (χ0) is 18.8. The second-order valence-corrected chi connectivity index (χ2v) is 7.74. The molecule has 8 heteroatoms. The number of primary amides is 1. The Morgan fingerprint density at radius 2 is 1.92 bits per heavy atom. The highest BCUT2D eigenvalue weighted by Crippen LogP contribution is 2.36. The van der Waals surface area contributed by atoms with Crippen LogP contribution in [0.5, 0.6) is 0 Å². The average Bonchev–Trinajstić information content (AvgIpc) is 2.78. The molecular weight excluding hydrogens is 352 g/mol. The first-order valence-electron chi connectivity index (χ1n) is 8.84. The van der Waals surface area contributed by atoms with Crippen molar-refractivity contribution in [1.82, 2.24) is 9.97 Å². The number of esters is 1. The van der Waals surface area contributed by atoms with Crippen LogP contribution >= 0.6 is 11.3 Å². The van der Waals surface area contributed by atoms with Gasteiger partial charge in [0, 0.05) is 6.04 Å². The van der Waals surface area contributed by atoms with Crippen LogP contribution < -0.4 is 11.1 Å². The second-order valence-electron chi connectivity index (χ2n) is 6.75. The Morgan fingerprint density at radius 3 is 2.62 bits per heavy atom. The molecule has 2 aromatic heterocycles. The van der Waals surface area contributed by atoms with Crippen LogP contribution in [0.1, 0.15) is 53.2 Å². The van der Waals surface area contributed by atoms with Gasteiger partial charge >= 0.3 is 5.97 Å². The normalized spacial score (nSPS) is 20.6. The van der Waals surface area contributed by atoms with Crippen LogP contribution in [0, 0.1) is 19.8 Å². The van der Waals surface area contributed by atoms with E-state index in [1.54, 1.807) is 0 Å². The van der Waals surface area contributed by atoms with Gasteiger partial charge in [-0.1, -0.05) is 19.3 Å². The number of rotatable bonds is 4. The maximum absolute atomic E-state index is 12.0. The highest BCUT2D eigenvalue weighted by atomic mass is 32.1. The fourth-order valence-electron chi connectivity index (χ4n) is 3.63. The molecule has 0 aliphatic heterocycles. The quantitative estimate of drug-likeness (QED) is 0.627. The summed E-state index contributed by atoms with van der Waals surface area (Å²) in [4.78, 5) is 34.3. The molecule has 0 aromatic carbocycles. The van der Waals surface area contributed by atoms with Crippen LogP contribution in [0.3, 0.4) is 0 Å². The van der Waals surface area contributed by atoms with Crippen molar-refractivity contribution < 1.29 is 14.3 Å². The number of anilines is 1. The Bertz CT molecular complexity index is 849. The molecule has 3 N–H and O–H groups in total. The van der Waals surface area contributed by atoms with Gasteiger partial charge < -0.3 is 15.8 Å². The van der Waals surface area contributed by atoms with Crippen molar-refractivity contribution in [2.75, 3.05) is 12.4 Å². The molecule has 140 valence electrons. The third-order valence-electron chi connectivity index (χ3n) is 4.98. The first-order valence-corrected chi connectivity index (χ1v) is 9.66. The number of carbonyl (C=O) groups excluding carboxylic acids is 2. The van der Waals surface area contributed by atoms with E-state index in [0.717, 1.165) is 47.9 Å². The smallest absolute Gasteiger partial charge is 0.348 e. The number of nitrogens with two attached hydrogens (primary N) is 1. The van der Waals surface area contributed by atoms with Crippen molar-refractivity contribution in [1.29, 1.82) is 0 Å². The van der Waals surface area contributed by atoms with E-state index in [9.17, 15) is 9.59 Å². The van der Waals surface area contributed by atoms with Crippen LogP contribution in [0.2, 0.25) is 0 Å². The van der Waals surface area contributed by atoms with Gasteiger partial charge in [-0.3, -0.25) is 4.79 Å². The Kier molecular flexibility index (Phi) is 5.41. The number of hydrogen-bond acceptors (Lipinski definition) is 7. The van der Waals surface area contributed by atoms with Gasteiger partial charge in [0.1, 0.15) is 21.3 Å². The number of aromatic nitrogens is 2. The molecule has 1 aliphatic rings. The summed E-state index contributed by atoms with van der Waals surface area (Å²) in [5.74, 6) is 0.403. The van der Waals surface area contributed by atoms with Crippen LogP contribution in [-0.4, -0.2) is 35.0 Å². The first-order chi connectivity index (χ1) is 12.4. The minimum absolute atomic E-state index is 0.0617. The maximum Gasteiger partial charge on any atom is 0.348 e. The molecule has 1 aliphatic carbocycles. The van der Waals surface area contributed by atoms with Crippen LogP contribution in [0.4, 0.5) is 5.82 Å². The van der Waals surface area contributed by atoms with Gasteiger partial charge in [-0.25, -0.2) is 14.8 Å². The maximum atomic E-state index is 12.0. The molecule has 2 heterocycles. The minimum Gasteiger partial charge on any atom is -0.465 e. The summed E-state index contributed by atoms with van der Waals surface area (Å²) < 4.78 is 4.87. The number of ether oxygens (including phenoxy) is 1. The van der Waals surface area contributed by atoms with Crippen LogP contribution in [0.15, 0.2) is 0 Å². The minimum atomic E-state index is -0.376. The number of hydrogen-bond donors (Lipinski definition) is 2. The van der Waals surface area contributed by atoms with Crippen molar-refractivity contribution in [2.45, 2.75) is 52.0 Å². The number of aryl methyl sites for hydroxylation is 2. The number of nitrogens with zero attached hydrogens (tertiary/aromatic N) is 2. The van der Waals surface area contributed by atoms with Crippen molar-refractivity contribution >= 4 is 39.2 Å². The van der Waals surface area contributed by atoms with Crippen LogP contribution in [-0.2, 0) is 9.53 Å². The lowest BCUT2D eigenvalue weighted by atomic mass is 9.94. The molecule has 2 unspecified atom stereocenters. The SMILES string of the molecule is COC(=O)c1sc2nc(C)nc(NC3CCCCCC3C(N)=O)c2c1C. The molecule has 0 radical (unpaired) electrons. The first kappa shape index (κ1) is 18.6. The van der Waals surface area contributed by atoms with E-state index in [-0.39, 0.29) is 23.8 Å². The molecule has 1 saturated carbocycles. The lowest BCUT2D eigenvalue weighted by Crippen LogP contribution is -2.38. The summed E-state index contributed by atoms with van der Waals surface area (Å²) in [6.45, 7) is 3.68. The fraction of sp³-hybridized carbons (Fsp3) is 0.556. The van der Waals surface area contributed by atoms with E-state index < -0.39 is 0 Å². The molecule has 2 atom stereocenters. The predicted molar refractivity (Wildman–Crippen MR) is 101 cm³/mol.